The highest BCUT2D eigenvalue weighted by molar-refractivity contribution is 5.93. The lowest BCUT2D eigenvalue weighted by Gasteiger charge is -2.34. The maximum atomic E-state index is 12.1. The summed E-state index contributed by atoms with van der Waals surface area (Å²) in [4.78, 5) is 25.4. The zero-order chi connectivity index (χ0) is 18.9. The largest absolute Gasteiger partial charge is 0.385 e. The average molecular weight is 369 g/mol. The first kappa shape index (κ1) is 19.3. The Labute approximate surface area is 160 Å². The lowest BCUT2D eigenvalue weighted by atomic mass is 10.2. The molecule has 0 spiro atoms. The Kier molecular flexibility index (Phi) is 7.12. The van der Waals surface area contributed by atoms with Gasteiger partial charge in [0.05, 0.1) is 5.56 Å². The lowest BCUT2D eigenvalue weighted by Crippen LogP contribution is -2.46. The highest BCUT2D eigenvalue weighted by atomic mass is 16.5. The van der Waals surface area contributed by atoms with Gasteiger partial charge in [-0.2, -0.15) is 0 Å². The van der Waals surface area contributed by atoms with Gasteiger partial charge >= 0.3 is 0 Å². The predicted molar refractivity (Wildman–Crippen MR) is 105 cm³/mol. The van der Waals surface area contributed by atoms with Crippen LogP contribution in [0, 0.1) is 0 Å². The highest BCUT2D eigenvalue weighted by Crippen LogP contribution is 2.13. The van der Waals surface area contributed by atoms with Crippen molar-refractivity contribution in [2.75, 3.05) is 51.3 Å². The second-order valence-corrected chi connectivity index (χ2v) is 6.62. The van der Waals surface area contributed by atoms with Crippen LogP contribution in [0.4, 0.5) is 5.95 Å². The number of amides is 1. The van der Waals surface area contributed by atoms with E-state index in [1.807, 2.05) is 6.07 Å². The Morgan fingerprint density at radius 3 is 2.48 bits per heavy atom. The summed E-state index contributed by atoms with van der Waals surface area (Å²) < 4.78 is 4.97. The van der Waals surface area contributed by atoms with Crippen LogP contribution < -0.4 is 10.2 Å². The molecule has 0 saturated carbocycles. The average Bonchev–Trinajstić information content (AvgIpc) is 2.72. The first-order valence-corrected chi connectivity index (χ1v) is 9.36. The van der Waals surface area contributed by atoms with Crippen LogP contribution in [-0.4, -0.2) is 67.2 Å². The number of hydrogen-bond donors (Lipinski definition) is 1. The molecule has 2 aromatic rings. The maximum Gasteiger partial charge on any atom is 0.254 e. The highest BCUT2D eigenvalue weighted by Gasteiger charge is 2.19. The molecule has 0 bridgehead atoms. The third-order valence-electron chi connectivity index (χ3n) is 4.62. The molecule has 144 valence electrons. The van der Waals surface area contributed by atoms with Crippen molar-refractivity contribution in [3.05, 3.63) is 53.9 Å². The lowest BCUT2D eigenvalue weighted by molar-refractivity contribution is 0.0948. The van der Waals surface area contributed by atoms with E-state index in [1.165, 1.54) is 5.56 Å². The van der Waals surface area contributed by atoms with E-state index in [0.29, 0.717) is 24.7 Å². The number of benzene rings is 1. The zero-order valence-corrected chi connectivity index (χ0v) is 15.8. The van der Waals surface area contributed by atoms with Crippen LogP contribution in [0.1, 0.15) is 22.3 Å². The molecule has 1 aliphatic rings. The van der Waals surface area contributed by atoms with Crippen LogP contribution >= 0.6 is 0 Å². The molecule has 7 heteroatoms. The van der Waals surface area contributed by atoms with E-state index >= 15 is 0 Å². The summed E-state index contributed by atoms with van der Waals surface area (Å²) in [5, 5.41) is 2.84. The van der Waals surface area contributed by atoms with Crippen molar-refractivity contribution in [1.29, 1.82) is 0 Å². The predicted octanol–water partition coefficient (Wildman–Crippen LogP) is 1.57. The second-order valence-electron chi connectivity index (χ2n) is 6.62. The van der Waals surface area contributed by atoms with E-state index in [4.69, 9.17) is 4.74 Å². The molecule has 2 heterocycles. The topological polar surface area (TPSA) is 70.6 Å². The quantitative estimate of drug-likeness (QED) is 0.712. The summed E-state index contributed by atoms with van der Waals surface area (Å²) in [7, 11) is 1.65. The number of carbonyl (C=O) groups is 1. The van der Waals surface area contributed by atoms with E-state index in [0.717, 1.165) is 39.1 Å². The van der Waals surface area contributed by atoms with Crippen LogP contribution in [0.3, 0.4) is 0 Å². The molecule has 3 rings (SSSR count). The number of hydrogen-bond acceptors (Lipinski definition) is 6. The van der Waals surface area contributed by atoms with Gasteiger partial charge in [-0.25, -0.2) is 9.97 Å². The van der Waals surface area contributed by atoms with E-state index in [9.17, 15) is 4.79 Å². The maximum absolute atomic E-state index is 12.1. The van der Waals surface area contributed by atoms with Crippen molar-refractivity contribution in [1.82, 2.24) is 20.2 Å². The first-order chi connectivity index (χ1) is 13.3. The molecule has 27 heavy (non-hydrogen) atoms. The van der Waals surface area contributed by atoms with Gasteiger partial charge in [-0.05, 0) is 12.0 Å². The molecule has 1 aromatic heterocycles. The van der Waals surface area contributed by atoms with Gasteiger partial charge in [-0.1, -0.05) is 30.3 Å². The summed E-state index contributed by atoms with van der Waals surface area (Å²) in [5.41, 5.74) is 1.82. The summed E-state index contributed by atoms with van der Waals surface area (Å²) in [6.45, 7) is 5.90. The van der Waals surface area contributed by atoms with Crippen LogP contribution in [-0.2, 0) is 11.3 Å². The SMILES string of the molecule is COCCCNC(=O)c1cnc(N2CCN(Cc3ccccc3)CC2)nc1. The summed E-state index contributed by atoms with van der Waals surface area (Å²) in [5.74, 6) is 0.538. The number of rotatable bonds is 8. The van der Waals surface area contributed by atoms with E-state index < -0.39 is 0 Å². The molecular weight excluding hydrogens is 342 g/mol. The van der Waals surface area contributed by atoms with Crippen molar-refractivity contribution in [2.24, 2.45) is 0 Å². The molecule has 0 unspecified atom stereocenters. The van der Waals surface area contributed by atoms with Gasteiger partial charge in [0.15, 0.2) is 0 Å². The van der Waals surface area contributed by atoms with Gasteiger partial charge in [0.2, 0.25) is 5.95 Å². The molecule has 1 aliphatic heterocycles. The molecule has 1 amide bonds. The van der Waals surface area contributed by atoms with Gasteiger partial charge in [0, 0.05) is 65.4 Å². The fraction of sp³-hybridized carbons (Fsp3) is 0.450. The van der Waals surface area contributed by atoms with Gasteiger partial charge < -0.3 is 15.0 Å². The Morgan fingerprint density at radius 1 is 1.11 bits per heavy atom. The summed E-state index contributed by atoms with van der Waals surface area (Å²) in [6, 6.07) is 10.5. The molecule has 1 aromatic carbocycles. The van der Waals surface area contributed by atoms with Gasteiger partial charge in [-0.3, -0.25) is 9.69 Å². The fourth-order valence-electron chi connectivity index (χ4n) is 3.07. The van der Waals surface area contributed by atoms with Gasteiger partial charge in [0.25, 0.3) is 5.91 Å². The van der Waals surface area contributed by atoms with E-state index in [1.54, 1.807) is 19.5 Å². The standard InChI is InChI=1S/C20H27N5O2/c1-27-13-5-8-21-19(26)18-14-22-20(23-15-18)25-11-9-24(10-12-25)16-17-6-3-2-4-7-17/h2-4,6-7,14-15H,5,8-13,16H2,1H3,(H,21,26). The monoisotopic (exact) mass is 369 g/mol. The normalized spacial score (nSPS) is 14.9. The van der Waals surface area contributed by atoms with Crippen molar-refractivity contribution < 1.29 is 9.53 Å². The Morgan fingerprint density at radius 2 is 1.81 bits per heavy atom. The third kappa shape index (κ3) is 5.74. The molecule has 7 nitrogen and oxygen atoms in total. The number of anilines is 1. The van der Waals surface area contributed by atoms with Gasteiger partial charge in [0.1, 0.15) is 0 Å². The van der Waals surface area contributed by atoms with Crippen molar-refractivity contribution in [3.8, 4) is 0 Å². The van der Waals surface area contributed by atoms with Crippen molar-refractivity contribution >= 4 is 11.9 Å². The van der Waals surface area contributed by atoms with E-state index in [2.05, 4.69) is 49.4 Å². The number of nitrogens with zero attached hydrogens (tertiary/aromatic N) is 4. The molecule has 1 N–H and O–H groups in total. The minimum Gasteiger partial charge on any atom is -0.385 e. The summed E-state index contributed by atoms with van der Waals surface area (Å²) >= 11 is 0. The number of carbonyl (C=O) groups excluding carboxylic acids is 1. The number of piperazine rings is 1. The summed E-state index contributed by atoms with van der Waals surface area (Å²) in [6.07, 6.45) is 3.99. The minimum atomic E-state index is -0.148. The number of nitrogens with one attached hydrogen (secondary N) is 1. The van der Waals surface area contributed by atoms with Crippen LogP contribution in [0.5, 0.6) is 0 Å². The minimum absolute atomic E-state index is 0.148. The van der Waals surface area contributed by atoms with Crippen molar-refractivity contribution in [3.63, 3.8) is 0 Å². The molecule has 1 saturated heterocycles. The molecule has 0 aliphatic carbocycles. The third-order valence-corrected chi connectivity index (χ3v) is 4.62. The van der Waals surface area contributed by atoms with E-state index in [-0.39, 0.29) is 5.91 Å². The smallest absolute Gasteiger partial charge is 0.254 e. The van der Waals surface area contributed by atoms with Crippen molar-refractivity contribution in [2.45, 2.75) is 13.0 Å². The zero-order valence-electron chi connectivity index (χ0n) is 15.8. The molecule has 1 fully saturated rings. The van der Waals surface area contributed by atoms with Gasteiger partial charge in [-0.15, -0.1) is 0 Å². The Balaban J connectivity index is 1.46. The number of aromatic nitrogens is 2. The number of methoxy groups -OCH3 is 1. The van der Waals surface area contributed by atoms with Crippen LogP contribution in [0.2, 0.25) is 0 Å². The Hall–Kier alpha value is -2.51. The Bertz CT molecular complexity index is 700. The molecular formula is C20H27N5O2. The first-order valence-electron chi connectivity index (χ1n) is 9.36. The van der Waals surface area contributed by atoms with Crippen LogP contribution in [0.15, 0.2) is 42.7 Å². The number of ether oxygens (including phenoxy) is 1. The fourth-order valence-corrected chi connectivity index (χ4v) is 3.07. The molecule has 0 radical (unpaired) electrons. The molecule has 0 atom stereocenters. The second kappa shape index (κ2) is 9.99. The van der Waals surface area contributed by atoms with Crippen LogP contribution in [0.25, 0.3) is 0 Å².